The van der Waals surface area contributed by atoms with Gasteiger partial charge in [-0.3, -0.25) is 14.3 Å². The number of likely N-dealkylation sites (N-methyl/N-ethyl adjacent to an activating group) is 1. The first-order chi connectivity index (χ1) is 16.4. The van der Waals surface area contributed by atoms with Crippen molar-refractivity contribution in [3.8, 4) is 0 Å². The van der Waals surface area contributed by atoms with Crippen LogP contribution in [0.4, 0.5) is 17.5 Å². The van der Waals surface area contributed by atoms with E-state index in [0.29, 0.717) is 36.1 Å². The van der Waals surface area contributed by atoms with E-state index < -0.39 is 5.91 Å². The molecular formula is C22H23N9O3. The third-order valence-corrected chi connectivity index (χ3v) is 5.65. The number of benzene rings is 1. The highest BCUT2D eigenvalue weighted by Gasteiger charge is 2.33. The van der Waals surface area contributed by atoms with Crippen molar-refractivity contribution in [2.75, 3.05) is 30.4 Å². The van der Waals surface area contributed by atoms with E-state index in [1.165, 1.54) is 0 Å². The van der Waals surface area contributed by atoms with Crippen LogP contribution in [0.1, 0.15) is 27.7 Å². The van der Waals surface area contributed by atoms with E-state index in [2.05, 4.69) is 30.7 Å². The average Bonchev–Trinajstić information content (AvgIpc) is 3.38. The highest BCUT2D eigenvalue weighted by Crippen LogP contribution is 2.33. The summed E-state index contributed by atoms with van der Waals surface area (Å²) < 4.78 is 7.55. The zero-order valence-electron chi connectivity index (χ0n) is 18.6. The van der Waals surface area contributed by atoms with E-state index in [1.54, 1.807) is 37.4 Å². The second-order valence-corrected chi connectivity index (χ2v) is 8.13. The monoisotopic (exact) mass is 461 g/mol. The Kier molecular flexibility index (Phi) is 5.32. The maximum Gasteiger partial charge on any atom is 0.298 e. The summed E-state index contributed by atoms with van der Waals surface area (Å²) in [5.74, 6) is -0.394. The van der Waals surface area contributed by atoms with E-state index >= 15 is 0 Å². The minimum atomic E-state index is -0.663. The van der Waals surface area contributed by atoms with E-state index in [9.17, 15) is 9.59 Å². The SMILES string of the molecule is CNC(=O)Cc1ccc2nc(N3CC(c4cnc(Nc5cnn(C)c5)c(C(N)=O)n4)C3)oc2c1. The standard InChI is InChI=1S/C22H23N9O3/c1-24-18(32)6-12-3-4-15-17(5-12)34-22(29-15)31-9-13(10-31)16-8-25-21(19(28-16)20(23)33)27-14-7-26-30(2)11-14/h3-5,7-8,11,13H,6,9-10H2,1-2H3,(H2,23,33)(H,24,32)(H,25,27). The predicted molar refractivity (Wildman–Crippen MR) is 124 cm³/mol. The van der Waals surface area contributed by atoms with Crippen molar-refractivity contribution in [1.29, 1.82) is 0 Å². The molecule has 1 saturated heterocycles. The molecule has 4 aromatic rings. The number of fused-ring (bicyclic) bond motifs is 1. The number of nitrogens with zero attached hydrogens (tertiary/aromatic N) is 6. The van der Waals surface area contributed by atoms with Crippen molar-refractivity contribution in [3.05, 3.63) is 53.7 Å². The van der Waals surface area contributed by atoms with Crippen molar-refractivity contribution < 1.29 is 14.0 Å². The molecule has 34 heavy (non-hydrogen) atoms. The Labute approximate surface area is 194 Å². The minimum Gasteiger partial charge on any atom is -0.423 e. The van der Waals surface area contributed by atoms with Gasteiger partial charge in [-0.05, 0) is 17.7 Å². The molecule has 0 radical (unpaired) electrons. The summed E-state index contributed by atoms with van der Waals surface area (Å²) in [5, 5.41) is 9.72. The van der Waals surface area contributed by atoms with Crippen LogP contribution in [-0.4, -0.2) is 56.7 Å². The molecule has 1 aliphatic heterocycles. The van der Waals surface area contributed by atoms with Gasteiger partial charge in [0.1, 0.15) is 5.52 Å². The fraction of sp³-hybridized carbons (Fsp3) is 0.273. The third kappa shape index (κ3) is 4.12. The number of aryl methyl sites for hydroxylation is 1. The predicted octanol–water partition coefficient (Wildman–Crippen LogP) is 1.09. The van der Waals surface area contributed by atoms with Crippen LogP contribution >= 0.6 is 0 Å². The highest BCUT2D eigenvalue weighted by atomic mass is 16.4. The lowest BCUT2D eigenvalue weighted by Gasteiger charge is -2.37. The summed E-state index contributed by atoms with van der Waals surface area (Å²) in [4.78, 5) is 39.0. The van der Waals surface area contributed by atoms with Crippen LogP contribution in [0.2, 0.25) is 0 Å². The van der Waals surface area contributed by atoms with E-state index in [4.69, 9.17) is 10.2 Å². The van der Waals surface area contributed by atoms with E-state index in [0.717, 1.165) is 11.1 Å². The lowest BCUT2D eigenvalue weighted by atomic mass is 9.97. The number of primary amides is 1. The van der Waals surface area contributed by atoms with Crippen LogP contribution in [-0.2, 0) is 18.3 Å². The average molecular weight is 461 g/mol. The highest BCUT2D eigenvalue weighted by molar-refractivity contribution is 5.96. The molecule has 1 fully saturated rings. The summed E-state index contributed by atoms with van der Waals surface area (Å²) in [6.07, 6.45) is 5.29. The molecule has 1 aliphatic rings. The first-order valence-corrected chi connectivity index (χ1v) is 10.7. The molecule has 1 aromatic carbocycles. The van der Waals surface area contributed by atoms with Crippen LogP contribution in [0.5, 0.6) is 0 Å². The summed E-state index contributed by atoms with van der Waals surface area (Å²) in [5.41, 5.74) is 9.18. The zero-order chi connectivity index (χ0) is 23.8. The topological polar surface area (TPSA) is 157 Å². The Morgan fingerprint density at radius 1 is 1.24 bits per heavy atom. The Morgan fingerprint density at radius 2 is 2.06 bits per heavy atom. The Bertz CT molecular complexity index is 1390. The summed E-state index contributed by atoms with van der Waals surface area (Å²) in [6.45, 7) is 1.22. The van der Waals surface area contributed by atoms with Gasteiger partial charge in [-0.2, -0.15) is 10.1 Å². The number of nitrogens with one attached hydrogen (secondary N) is 2. The maximum atomic E-state index is 12.0. The lowest BCUT2D eigenvalue weighted by molar-refractivity contribution is -0.119. The summed E-state index contributed by atoms with van der Waals surface area (Å²) in [7, 11) is 3.40. The number of oxazole rings is 1. The van der Waals surface area contributed by atoms with Crippen molar-refractivity contribution >= 4 is 40.4 Å². The Morgan fingerprint density at radius 3 is 2.76 bits per heavy atom. The normalized spacial score (nSPS) is 13.6. The van der Waals surface area contributed by atoms with Crippen molar-refractivity contribution in [3.63, 3.8) is 0 Å². The van der Waals surface area contributed by atoms with Gasteiger partial charge in [0.25, 0.3) is 11.9 Å². The van der Waals surface area contributed by atoms with Gasteiger partial charge >= 0.3 is 0 Å². The number of aromatic nitrogens is 5. The number of nitrogens with two attached hydrogens (primary N) is 1. The summed E-state index contributed by atoms with van der Waals surface area (Å²) in [6, 6.07) is 6.04. The summed E-state index contributed by atoms with van der Waals surface area (Å²) >= 11 is 0. The van der Waals surface area contributed by atoms with Gasteiger partial charge in [0.2, 0.25) is 5.91 Å². The lowest BCUT2D eigenvalue weighted by Crippen LogP contribution is -2.45. The molecule has 12 heteroatoms. The maximum absolute atomic E-state index is 12.0. The third-order valence-electron chi connectivity index (χ3n) is 5.65. The molecule has 4 N–H and O–H groups in total. The quantitative estimate of drug-likeness (QED) is 0.366. The van der Waals surface area contributed by atoms with Gasteiger partial charge in [0.15, 0.2) is 17.1 Å². The van der Waals surface area contributed by atoms with Gasteiger partial charge in [-0.25, -0.2) is 9.97 Å². The van der Waals surface area contributed by atoms with Gasteiger partial charge in [-0.1, -0.05) is 6.07 Å². The fourth-order valence-corrected chi connectivity index (χ4v) is 3.78. The number of hydrogen-bond acceptors (Lipinski definition) is 9. The number of rotatable bonds is 7. The number of amides is 2. The number of anilines is 3. The zero-order valence-corrected chi connectivity index (χ0v) is 18.6. The smallest absolute Gasteiger partial charge is 0.298 e. The molecule has 0 unspecified atom stereocenters. The second-order valence-electron chi connectivity index (χ2n) is 8.13. The molecule has 174 valence electrons. The largest absolute Gasteiger partial charge is 0.423 e. The fourth-order valence-electron chi connectivity index (χ4n) is 3.78. The second kappa shape index (κ2) is 8.46. The molecular weight excluding hydrogens is 438 g/mol. The molecule has 2 amide bonds. The van der Waals surface area contributed by atoms with E-state index in [-0.39, 0.29) is 29.8 Å². The number of carbonyl (C=O) groups excluding carboxylic acids is 2. The van der Waals surface area contributed by atoms with Gasteiger partial charge in [0.05, 0.1) is 30.2 Å². The Balaban J connectivity index is 1.29. The minimum absolute atomic E-state index is 0.0527. The van der Waals surface area contributed by atoms with Gasteiger partial charge < -0.3 is 25.7 Å². The first kappa shape index (κ1) is 21.4. The van der Waals surface area contributed by atoms with Gasteiger partial charge in [0, 0.05) is 39.3 Å². The van der Waals surface area contributed by atoms with Crippen LogP contribution in [0.15, 0.2) is 41.2 Å². The van der Waals surface area contributed by atoms with Crippen molar-refractivity contribution in [2.45, 2.75) is 12.3 Å². The molecule has 0 spiro atoms. The molecule has 3 aromatic heterocycles. The molecule has 4 heterocycles. The van der Waals surface area contributed by atoms with Crippen LogP contribution in [0.3, 0.4) is 0 Å². The molecule has 0 aliphatic carbocycles. The number of carbonyl (C=O) groups is 2. The molecule has 0 bridgehead atoms. The van der Waals surface area contributed by atoms with E-state index in [1.807, 2.05) is 23.1 Å². The molecule has 12 nitrogen and oxygen atoms in total. The van der Waals surface area contributed by atoms with Crippen LogP contribution < -0.4 is 21.3 Å². The Hall–Kier alpha value is -4.48. The molecule has 0 saturated carbocycles. The van der Waals surface area contributed by atoms with Gasteiger partial charge in [-0.15, -0.1) is 0 Å². The molecule has 5 rings (SSSR count). The van der Waals surface area contributed by atoms with Crippen LogP contribution in [0.25, 0.3) is 11.1 Å². The van der Waals surface area contributed by atoms with Crippen molar-refractivity contribution in [2.24, 2.45) is 12.8 Å². The van der Waals surface area contributed by atoms with Crippen molar-refractivity contribution in [1.82, 2.24) is 30.0 Å². The first-order valence-electron chi connectivity index (χ1n) is 10.7. The molecule has 0 atom stereocenters. The van der Waals surface area contributed by atoms with Crippen LogP contribution in [0, 0.1) is 0 Å². The number of hydrogen-bond donors (Lipinski definition) is 3.